The first kappa shape index (κ1) is 25.4. The monoisotopic (exact) mass is 577 g/mol. The van der Waals surface area contributed by atoms with Gasteiger partial charge in [-0.3, -0.25) is 0 Å². The lowest BCUT2D eigenvalue weighted by atomic mass is 10.0. The molecular formula is C42H27NO2. The van der Waals surface area contributed by atoms with E-state index < -0.39 is 0 Å². The topological polar surface area (TPSA) is 29.5 Å². The molecule has 2 heterocycles. The highest BCUT2D eigenvalue weighted by atomic mass is 16.3. The molecule has 2 aromatic heterocycles. The minimum Gasteiger partial charge on any atom is -0.456 e. The van der Waals surface area contributed by atoms with Crippen LogP contribution in [0.2, 0.25) is 0 Å². The van der Waals surface area contributed by atoms with E-state index in [1.807, 2.05) is 18.2 Å². The number of para-hydroxylation sites is 2. The maximum absolute atomic E-state index is 6.47. The standard InChI is InChI=1S/C42H27NO2/c1-3-10-28(11-4-1)29-18-21-33(22-19-29)43(32-13-5-2-6-14-32)34-15-9-12-30(26-34)31-20-24-39-37(27-31)35-23-25-40-41(42(35)45-39)36-16-7-8-17-38(36)44-40/h1-27H. The minimum atomic E-state index is 0.841. The van der Waals surface area contributed by atoms with Gasteiger partial charge in [0.15, 0.2) is 0 Å². The Morgan fingerprint density at radius 1 is 0.333 bits per heavy atom. The Morgan fingerprint density at radius 3 is 1.78 bits per heavy atom. The van der Waals surface area contributed by atoms with Crippen LogP contribution in [0.4, 0.5) is 17.1 Å². The fourth-order valence-electron chi connectivity index (χ4n) is 6.50. The van der Waals surface area contributed by atoms with Gasteiger partial charge in [-0.25, -0.2) is 0 Å². The lowest BCUT2D eigenvalue weighted by Gasteiger charge is -2.26. The van der Waals surface area contributed by atoms with Gasteiger partial charge in [-0.15, -0.1) is 0 Å². The third kappa shape index (κ3) is 4.29. The van der Waals surface area contributed by atoms with E-state index in [2.05, 4.69) is 150 Å². The summed E-state index contributed by atoms with van der Waals surface area (Å²) >= 11 is 0. The van der Waals surface area contributed by atoms with Crippen LogP contribution in [0.25, 0.3) is 66.1 Å². The summed E-state index contributed by atoms with van der Waals surface area (Å²) in [4.78, 5) is 2.31. The van der Waals surface area contributed by atoms with Crippen molar-refractivity contribution in [3.8, 4) is 22.3 Å². The molecule has 0 N–H and O–H groups in total. The number of hydrogen-bond acceptors (Lipinski definition) is 3. The molecular weight excluding hydrogens is 550 g/mol. The molecule has 0 saturated heterocycles. The number of furan rings is 2. The molecule has 0 bridgehead atoms. The molecule has 7 aromatic carbocycles. The Hall–Kier alpha value is -6.06. The molecule has 0 aliphatic rings. The van der Waals surface area contributed by atoms with Crippen molar-refractivity contribution < 1.29 is 8.83 Å². The number of fused-ring (bicyclic) bond motifs is 7. The van der Waals surface area contributed by atoms with Crippen LogP contribution < -0.4 is 4.90 Å². The third-order valence-electron chi connectivity index (χ3n) is 8.66. The highest BCUT2D eigenvalue weighted by molar-refractivity contribution is 6.22. The van der Waals surface area contributed by atoms with Gasteiger partial charge in [0, 0.05) is 33.2 Å². The SMILES string of the molecule is c1ccc(-c2ccc(N(c3ccccc3)c3cccc(-c4ccc5oc6c(ccc7oc8ccccc8c76)c5c4)c3)cc2)cc1. The van der Waals surface area contributed by atoms with Crippen LogP contribution in [-0.2, 0) is 0 Å². The second-order valence-corrected chi connectivity index (χ2v) is 11.4. The molecule has 3 heteroatoms. The van der Waals surface area contributed by atoms with E-state index in [0.29, 0.717) is 0 Å². The molecule has 0 saturated carbocycles. The fourth-order valence-corrected chi connectivity index (χ4v) is 6.50. The molecule has 0 amide bonds. The highest BCUT2D eigenvalue weighted by Gasteiger charge is 2.17. The number of anilines is 3. The first-order chi connectivity index (χ1) is 22.3. The van der Waals surface area contributed by atoms with Gasteiger partial charge in [0.1, 0.15) is 22.3 Å². The summed E-state index contributed by atoms with van der Waals surface area (Å²) in [6.07, 6.45) is 0. The predicted octanol–water partition coefficient (Wildman–Crippen LogP) is 12.3. The Kier molecular flexibility index (Phi) is 5.82. The quantitative estimate of drug-likeness (QED) is 0.204. The second kappa shape index (κ2) is 10.3. The zero-order chi connectivity index (χ0) is 29.7. The number of benzene rings is 7. The lowest BCUT2D eigenvalue weighted by molar-refractivity contribution is 0.663. The highest BCUT2D eigenvalue weighted by Crippen LogP contribution is 2.41. The average molecular weight is 578 g/mol. The minimum absolute atomic E-state index is 0.841. The lowest BCUT2D eigenvalue weighted by Crippen LogP contribution is -2.09. The first-order valence-corrected chi connectivity index (χ1v) is 15.2. The molecule has 9 aromatic rings. The van der Waals surface area contributed by atoms with Crippen molar-refractivity contribution in [1.29, 1.82) is 0 Å². The van der Waals surface area contributed by atoms with Gasteiger partial charge in [0.05, 0.1) is 5.39 Å². The largest absolute Gasteiger partial charge is 0.456 e. The molecule has 9 rings (SSSR count). The van der Waals surface area contributed by atoms with E-state index in [0.717, 1.165) is 72.1 Å². The van der Waals surface area contributed by atoms with Crippen molar-refractivity contribution in [2.75, 3.05) is 4.90 Å². The van der Waals surface area contributed by atoms with Crippen molar-refractivity contribution in [3.05, 3.63) is 164 Å². The van der Waals surface area contributed by atoms with Crippen molar-refractivity contribution in [2.45, 2.75) is 0 Å². The molecule has 212 valence electrons. The van der Waals surface area contributed by atoms with Crippen LogP contribution in [0.3, 0.4) is 0 Å². The van der Waals surface area contributed by atoms with Crippen LogP contribution >= 0.6 is 0 Å². The van der Waals surface area contributed by atoms with E-state index in [9.17, 15) is 0 Å². The summed E-state index contributed by atoms with van der Waals surface area (Å²) in [5.41, 5.74) is 11.4. The molecule has 0 unspecified atom stereocenters. The van der Waals surface area contributed by atoms with Gasteiger partial charge >= 0.3 is 0 Å². The maximum Gasteiger partial charge on any atom is 0.147 e. The Morgan fingerprint density at radius 2 is 0.933 bits per heavy atom. The molecule has 45 heavy (non-hydrogen) atoms. The van der Waals surface area contributed by atoms with E-state index in [4.69, 9.17) is 8.83 Å². The number of rotatable bonds is 5. The van der Waals surface area contributed by atoms with Crippen LogP contribution in [0, 0.1) is 0 Å². The Balaban J connectivity index is 1.15. The fraction of sp³-hybridized carbons (Fsp3) is 0. The van der Waals surface area contributed by atoms with Gasteiger partial charge < -0.3 is 13.7 Å². The second-order valence-electron chi connectivity index (χ2n) is 11.4. The summed E-state index contributed by atoms with van der Waals surface area (Å²) in [5.74, 6) is 0. The summed E-state index contributed by atoms with van der Waals surface area (Å²) in [6, 6.07) is 57.4. The number of hydrogen-bond donors (Lipinski definition) is 0. The van der Waals surface area contributed by atoms with E-state index in [1.165, 1.54) is 11.1 Å². The number of nitrogens with zero attached hydrogens (tertiary/aromatic N) is 1. The maximum atomic E-state index is 6.47. The van der Waals surface area contributed by atoms with Crippen molar-refractivity contribution >= 4 is 60.9 Å². The summed E-state index contributed by atoms with van der Waals surface area (Å²) in [5, 5.41) is 4.28. The van der Waals surface area contributed by atoms with Gasteiger partial charge in [-0.1, -0.05) is 97.1 Å². The van der Waals surface area contributed by atoms with Crippen molar-refractivity contribution in [2.24, 2.45) is 0 Å². The molecule has 0 spiro atoms. The normalized spacial score (nSPS) is 11.6. The third-order valence-corrected chi connectivity index (χ3v) is 8.66. The zero-order valence-corrected chi connectivity index (χ0v) is 24.4. The van der Waals surface area contributed by atoms with Crippen LogP contribution in [0.1, 0.15) is 0 Å². The van der Waals surface area contributed by atoms with E-state index in [1.54, 1.807) is 0 Å². The Bertz CT molecular complexity index is 2470. The molecule has 0 atom stereocenters. The van der Waals surface area contributed by atoms with Gasteiger partial charge in [0.2, 0.25) is 0 Å². The molecule has 0 fully saturated rings. The molecule has 0 radical (unpaired) electrons. The van der Waals surface area contributed by atoms with Crippen LogP contribution in [-0.4, -0.2) is 0 Å². The van der Waals surface area contributed by atoms with Crippen LogP contribution in [0.5, 0.6) is 0 Å². The van der Waals surface area contributed by atoms with E-state index in [-0.39, 0.29) is 0 Å². The summed E-state index contributed by atoms with van der Waals surface area (Å²) < 4.78 is 12.6. The van der Waals surface area contributed by atoms with Crippen molar-refractivity contribution in [1.82, 2.24) is 0 Å². The van der Waals surface area contributed by atoms with Gasteiger partial charge in [-0.05, 0) is 89.0 Å². The average Bonchev–Trinajstić information content (AvgIpc) is 3.68. The predicted molar refractivity (Wildman–Crippen MR) is 187 cm³/mol. The first-order valence-electron chi connectivity index (χ1n) is 15.2. The Labute approximate surface area is 260 Å². The molecule has 0 aliphatic carbocycles. The summed E-state index contributed by atoms with van der Waals surface area (Å²) in [7, 11) is 0. The molecule has 0 aliphatic heterocycles. The zero-order valence-electron chi connectivity index (χ0n) is 24.4. The molecule has 3 nitrogen and oxygen atoms in total. The van der Waals surface area contributed by atoms with Crippen molar-refractivity contribution in [3.63, 3.8) is 0 Å². The van der Waals surface area contributed by atoms with Crippen LogP contribution in [0.15, 0.2) is 173 Å². The smallest absolute Gasteiger partial charge is 0.147 e. The van der Waals surface area contributed by atoms with E-state index >= 15 is 0 Å². The van der Waals surface area contributed by atoms with Gasteiger partial charge in [0.25, 0.3) is 0 Å². The summed E-state index contributed by atoms with van der Waals surface area (Å²) in [6.45, 7) is 0. The van der Waals surface area contributed by atoms with Gasteiger partial charge in [-0.2, -0.15) is 0 Å².